The topological polar surface area (TPSA) is 150 Å². The van der Waals surface area contributed by atoms with Gasteiger partial charge in [-0.25, -0.2) is 4.98 Å². The Morgan fingerprint density at radius 2 is 1.95 bits per heavy atom. The fourth-order valence-electron chi connectivity index (χ4n) is 2.09. The largest absolute Gasteiger partial charge is 0.388 e. The van der Waals surface area contributed by atoms with E-state index >= 15 is 0 Å². The maximum Gasteiger partial charge on any atom is 0.312 e. The van der Waals surface area contributed by atoms with E-state index in [1.165, 1.54) is 0 Å². The average Bonchev–Trinajstić information content (AvgIpc) is 2.80. The Kier molecular flexibility index (Phi) is 3.01. The number of nitrogens with one attached hydrogen (secondary N) is 1. The second kappa shape index (κ2) is 4.59. The van der Waals surface area contributed by atoms with Crippen molar-refractivity contribution >= 4 is 17.0 Å². The summed E-state index contributed by atoms with van der Waals surface area (Å²) in [6.07, 6.45) is -5.98. The number of nitrogen functional groups attached to an aromatic ring is 1. The minimum Gasteiger partial charge on any atom is -0.388 e. The summed E-state index contributed by atoms with van der Waals surface area (Å²) in [5, 5.41) is 28.9. The van der Waals surface area contributed by atoms with Gasteiger partial charge in [-0.15, -0.1) is 0 Å². The van der Waals surface area contributed by atoms with E-state index in [2.05, 4.69) is 19.9 Å². The van der Waals surface area contributed by atoms with Gasteiger partial charge in [0.1, 0.15) is 35.8 Å². The summed E-state index contributed by atoms with van der Waals surface area (Å²) in [7, 11) is 0. The third kappa shape index (κ3) is 1.98. The van der Waals surface area contributed by atoms with Crippen molar-refractivity contribution in [2.75, 3.05) is 12.3 Å². The van der Waals surface area contributed by atoms with Crippen LogP contribution in [0.4, 0.5) is 10.2 Å². The molecule has 1 saturated heterocycles. The molecule has 20 heavy (non-hydrogen) atoms. The lowest BCUT2D eigenvalue weighted by atomic mass is 10.00. The average molecular weight is 285 g/mol. The van der Waals surface area contributed by atoms with Crippen LogP contribution >= 0.6 is 0 Å². The highest BCUT2D eigenvalue weighted by molar-refractivity contribution is 5.81. The van der Waals surface area contributed by atoms with Gasteiger partial charge in [0.15, 0.2) is 11.5 Å². The zero-order chi connectivity index (χ0) is 14.4. The second-order valence-corrected chi connectivity index (χ2v) is 4.50. The molecule has 2 aromatic heterocycles. The molecule has 1 aliphatic rings. The van der Waals surface area contributed by atoms with Crippen LogP contribution in [0.5, 0.6) is 0 Å². The number of aromatic amines is 1. The molecule has 0 aliphatic carbocycles. The normalized spacial score (nSPS) is 30.8. The number of anilines is 1. The number of aliphatic hydroxyl groups excluding tert-OH is 3. The zero-order valence-corrected chi connectivity index (χ0v) is 10.1. The van der Waals surface area contributed by atoms with Crippen LogP contribution < -0.4 is 5.73 Å². The molecule has 4 atom stereocenters. The molecule has 3 heterocycles. The van der Waals surface area contributed by atoms with E-state index in [1.807, 2.05) is 0 Å². The molecule has 3 rings (SSSR count). The van der Waals surface area contributed by atoms with Gasteiger partial charge in [0.25, 0.3) is 0 Å². The number of hydrogen-bond acceptors (Lipinski definition) is 8. The number of nitrogens with two attached hydrogens (primary N) is 1. The summed E-state index contributed by atoms with van der Waals surface area (Å²) in [4.78, 5) is 13.5. The van der Waals surface area contributed by atoms with Crippen LogP contribution in [0.25, 0.3) is 11.2 Å². The lowest BCUT2D eigenvalue weighted by molar-refractivity contribution is -0.191. The monoisotopic (exact) mass is 285 g/mol. The molecule has 6 N–H and O–H groups in total. The summed E-state index contributed by atoms with van der Waals surface area (Å²) in [6.45, 7) is -0.171. The van der Waals surface area contributed by atoms with Crippen LogP contribution in [0.15, 0.2) is 0 Å². The van der Waals surface area contributed by atoms with Crippen LogP contribution in [0.2, 0.25) is 0 Å². The minimum absolute atomic E-state index is 0.0126. The number of hydrogen-bond donors (Lipinski definition) is 5. The van der Waals surface area contributed by atoms with Crippen molar-refractivity contribution in [1.29, 1.82) is 0 Å². The highest BCUT2D eigenvalue weighted by Crippen LogP contribution is 2.29. The molecule has 1 fully saturated rings. The van der Waals surface area contributed by atoms with E-state index in [0.29, 0.717) is 0 Å². The quantitative estimate of drug-likeness (QED) is 0.386. The van der Waals surface area contributed by atoms with Crippen molar-refractivity contribution in [1.82, 2.24) is 19.9 Å². The van der Waals surface area contributed by atoms with Gasteiger partial charge in [0.2, 0.25) is 0 Å². The first-order valence-electron chi connectivity index (χ1n) is 5.82. The Morgan fingerprint density at radius 1 is 1.20 bits per heavy atom. The predicted octanol–water partition coefficient (Wildman–Crippen LogP) is -1.77. The van der Waals surface area contributed by atoms with Crippen molar-refractivity contribution in [3.8, 4) is 0 Å². The molecule has 0 spiro atoms. The molecule has 9 nitrogen and oxygen atoms in total. The molecule has 0 bridgehead atoms. The molecular formula is C10H12FN5O4. The van der Waals surface area contributed by atoms with Crippen LogP contribution in [-0.4, -0.2) is 60.2 Å². The summed E-state index contributed by atoms with van der Waals surface area (Å²) in [5.41, 5.74) is 5.72. The van der Waals surface area contributed by atoms with E-state index in [9.17, 15) is 19.7 Å². The third-order valence-corrected chi connectivity index (χ3v) is 3.14. The fraction of sp³-hybridized carbons (Fsp3) is 0.500. The minimum atomic E-state index is -1.39. The maximum atomic E-state index is 13.0. The van der Waals surface area contributed by atoms with Gasteiger partial charge in [-0.2, -0.15) is 14.4 Å². The third-order valence-electron chi connectivity index (χ3n) is 3.14. The standard InChI is InChI=1S/C10H12FN5O4/c11-10-14-7(12)3-8(16-10)15-9(13-3)6-5(19)4(18)2(17)1-20-6/h2,4-6,17-19H,1H2,(H3,12,13,14,15,16)/t2-,4-,5+,6?/m1/s1. The van der Waals surface area contributed by atoms with E-state index < -0.39 is 30.5 Å². The van der Waals surface area contributed by atoms with Crippen molar-refractivity contribution in [2.45, 2.75) is 24.4 Å². The smallest absolute Gasteiger partial charge is 0.312 e. The number of ether oxygens (including phenoxy) is 1. The Labute approximate surface area is 111 Å². The summed E-state index contributed by atoms with van der Waals surface area (Å²) < 4.78 is 18.3. The molecule has 108 valence electrons. The number of nitrogens with zero attached hydrogens (tertiary/aromatic N) is 3. The van der Waals surface area contributed by atoms with Gasteiger partial charge in [-0.1, -0.05) is 0 Å². The van der Waals surface area contributed by atoms with Gasteiger partial charge >= 0.3 is 6.08 Å². The second-order valence-electron chi connectivity index (χ2n) is 4.50. The molecular weight excluding hydrogens is 273 g/mol. The van der Waals surface area contributed by atoms with Crippen LogP contribution in [0, 0.1) is 6.08 Å². The molecule has 0 aromatic carbocycles. The number of aliphatic hydroxyl groups is 3. The highest BCUT2D eigenvalue weighted by atomic mass is 19.1. The predicted molar refractivity (Wildman–Crippen MR) is 62.8 cm³/mol. The number of aromatic nitrogens is 4. The Bertz CT molecular complexity index is 650. The molecule has 0 radical (unpaired) electrons. The molecule has 1 aliphatic heterocycles. The van der Waals surface area contributed by atoms with Crippen molar-refractivity contribution in [3.05, 3.63) is 11.9 Å². The lowest BCUT2D eigenvalue weighted by Crippen LogP contribution is -2.49. The molecule has 1 unspecified atom stereocenters. The first-order valence-corrected chi connectivity index (χ1v) is 5.82. The van der Waals surface area contributed by atoms with Crippen molar-refractivity contribution < 1.29 is 24.4 Å². The molecule has 2 aromatic rings. The van der Waals surface area contributed by atoms with Gasteiger partial charge in [0, 0.05) is 0 Å². The van der Waals surface area contributed by atoms with E-state index in [4.69, 9.17) is 10.5 Å². The number of halogens is 1. The Balaban J connectivity index is 2.00. The summed E-state index contributed by atoms with van der Waals surface area (Å²) in [5.74, 6) is -0.0119. The van der Waals surface area contributed by atoms with E-state index in [1.54, 1.807) is 0 Å². The number of rotatable bonds is 1. The molecule has 0 saturated carbocycles. The van der Waals surface area contributed by atoms with Gasteiger partial charge < -0.3 is 30.8 Å². The van der Waals surface area contributed by atoms with Crippen LogP contribution in [0.1, 0.15) is 11.9 Å². The van der Waals surface area contributed by atoms with Crippen LogP contribution in [-0.2, 0) is 4.74 Å². The Morgan fingerprint density at radius 3 is 2.70 bits per heavy atom. The van der Waals surface area contributed by atoms with E-state index in [-0.39, 0.29) is 29.4 Å². The fourth-order valence-corrected chi connectivity index (χ4v) is 2.09. The molecule has 0 amide bonds. The van der Waals surface area contributed by atoms with Crippen molar-refractivity contribution in [2.24, 2.45) is 0 Å². The lowest BCUT2D eigenvalue weighted by Gasteiger charge is -2.34. The SMILES string of the molecule is Nc1nc(F)nc2nc(C3OC[C@@H](O)[C@@H](O)[C@@H]3O)[nH]c12. The van der Waals surface area contributed by atoms with Gasteiger partial charge in [-0.3, -0.25) is 0 Å². The Hall–Kier alpha value is -1.88. The first-order chi connectivity index (χ1) is 9.47. The summed E-state index contributed by atoms with van der Waals surface area (Å²) in [6, 6.07) is 0. The van der Waals surface area contributed by atoms with Crippen LogP contribution in [0.3, 0.4) is 0 Å². The molecule has 10 heteroatoms. The number of fused-ring (bicyclic) bond motifs is 1. The summed E-state index contributed by atoms with van der Waals surface area (Å²) >= 11 is 0. The first kappa shape index (κ1) is 13.1. The number of H-pyrrole nitrogens is 1. The zero-order valence-electron chi connectivity index (χ0n) is 10.1. The van der Waals surface area contributed by atoms with Gasteiger partial charge in [0.05, 0.1) is 6.61 Å². The van der Waals surface area contributed by atoms with Crippen molar-refractivity contribution in [3.63, 3.8) is 0 Å². The maximum absolute atomic E-state index is 13.0. The highest BCUT2D eigenvalue weighted by Gasteiger charge is 2.40. The van der Waals surface area contributed by atoms with E-state index in [0.717, 1.165) is 0 Å². The van der Waals surface area contributed by atoms with Gasteiger partial charge in [-0.05, 0) is 0 Å². The number of imidazole rings is 1.